The second-order valence-corrected chi connectivity index (χ2v) is 5.65. The number of thioether (sulfide) groups is 1. The van der Waals surface area contributed by atoms with Crippen LogP contribution >= 0.6 is 11.8 Å². The van der Waals surface area contributed by atoms with Gasteiger partial charge in [0.25, 0.3) is 0 Å². The zero-order valence-electron chi connectivity index (χ0n) is 12.2. The number of hydrogen-bond donors (Lipinski definition) is 1. The van der Waals surface area contributed by atoms with E-state index < -0.39 is 0 Å². The van der Waals surface area contributed by atoms with Crippen LogP contribution in [0.25, 0.3) is 0 Å². The van der Waals surface area contributed by atoms with E-state index in [4.69, 9.17) is 4.74 Å². The molecule has 1 aliphatic rings. The fourth-order valence-corrected chi connectivity index (χ4v) is 3.11. The number of amides is 1. The number of carbonyl (C=O) groups is 2. The number of ether oxygens (including phenoxy) is 1. The number of esters is 1. The Labute approximate surface area is 133 Å². The van der Waals surface area contributed by atoms with Gasteiger partial charge in [0.1, 0.15) is 0 Å². The van der Waals surface area contributed by atoms with Gasteiger partial charge >= 0.3 is 5.97 Å². The maximum atomic E-state index is 11.9. The molecule has 114 valence electrons. The summed E-state index contributed by atoms with van der Waals surface area (Å²) in [4.78, 5) is 23.4. The second kappa shape index (κ2) is 7.66. The predicted octanol–water partition coefficient (Wildman–Crippen LogP) is 2.32. The second-order valence-electron chi connectivity index (χ2n) is 4.66. The molecule has 1 atom stereocenters. The van der Waals surface area contributed by atoms with Gasteiger partial charge in [-0.2, -0.15) is 5.26 Å². The molecule has 0 radical (unpaired) electrons. The van der Waals surface area contributed by atoms with Crippen molar-refractivity contribution in [1.29, 1.82) is 5.26 Å². The van der Waals surface area contributed by atoms with Crippen LogP contribution in [0, 0.1) is 11.3 Å². The molecule has 1 amide bonds. The zero-order valence-corrected chi connectivity index (χ0v) is 13.0. The quantitative estimate of drug-likeness (QED) is 0.843. The molecule has 1 N–H and O–H groups in total. The van der Waals surface area contributed by atoms with Crippen molar-refractivity contribution in [2.75, 3.05) is 12.4 Å². The Morgan fingerprint density at radius 2 is 2.18 bits per heavy atom. The number of nitrogens with one attached hydrogen (secondary N) is 1. The summed E-state index contributed by atoms with van der Waals surface area (Å²) in [6, 6.07) is 11.6. The van der Waals surface area contributed by atoms with Crippen molar-refractivity contribution in [2.24, 2.45) is 0 Å². The van der Waals surface area contributed by atoms with E-state index in [1.165, 1.54) is 0 Å². The van der Waals surface area contributed by atoms with E-state index >= 15 is 0 Å². The smallest absolute Gasteiger partial charge is 0.316 e. The zero-order chi connectivity index (χ0) is 15.9. The highest BCUT2D eigenvalue weighted by atomic mass is 32.2. The number of benzene rings is 1. The van der Waals surface area contributed by atoms with E-state index in [9.17, 15) is 14.9 Å². The Bertz CT molecular complexity index is 635. The van der Waals surface area contributed by atoms with Gasteiger partial charge in [-0.15, -0.1) is 0 Å². The topological polar surface area (TPSA) is 79.2 Å². The molecule has 0 bridgehead atoms. The molecule has 1 aromatic carbocycles. The normalized spacial score (nSPS) is 17.6. The van der Waals surface area contributed by atoms with Gasteiger partial charge in [0.2, 0.25) is 5.91 Å². The highest BCUT2D eigenvalue weighted by molar-refractivity contribution is 8.03. The third-order valence-electron chi connectivity index (χ3n) is 3.20. The van der Waals surface area contributed by atoms with Crippen molar-refractivity contribution in [3.8, 4) is 6.07 Å². The summed E-state index contributed by atoms with van der Waals surface area (Å²) < 4.78 is 4.86. The minimum absolute atomic E-state index is 0.0656. The molecule has 0 aliphatic carbocycles. The van der Waals surface area contributed by atoms with E-state index in [-0.39, 0.29) is 30.0 Å². The van der Waals surface area contributed by atoms with Gasteiger partial charge in [0, 0.05) is 12.3 Å². The van der Waals surface area contributed by atoms with Gasteiger partial charge in [-0.25, -0.2) is 0 Å². The molecular weight excluding hydrogens is 300 g/mol. The summed E-state index contributed by atoms with van der Waals surface area (Å²) in [6.07, 6.45) is 0.233. The monoisotopic (exact) mass is 316 g/mol. The van der Waals surface area contributed by atoms with Gasteiger partial charge in [-0.05, 0) is 12.5 Å². The highest BCUT2D eigenvalue weighted by Gasteiger charge is 2.29. The predicted molar refractivity (Wildman–Crippen MR) is 83.7 cm³/mol. The van der Waals surface area contributed by atoms with E-state index in [1.54, 1.807) is 6.92 Å². The number of nitriles is 1. The Morgan fingerprint density at radius 1 is 1.45 bits per heavy atom. The third-order valence-corrected chi connectivity index (χ3v) is 4.19. The van der Waals surface area contributed by atoms with Gasteiger partial charge < -0.3 is 10.1 Å². The van der Waals surface area contributed by atoms with Crippen molar-refractivity contribution in [2.45, 2.75) is 19.3 Å². The number of nitrogens with zero attached hydrogens (tertiary/aromatic N) is 1. The molecule has 0 aromatic heterocycles. The Kier molecular flexibility index (Phi) is 5.61. The molecule has 22 heavy (non-hydrogen) atoms. The number of rotatable bonds is 5. The standard InChI is InChI=1S/C16H16N2O3S/c1-2-21-15(20)10-22-16-13(9-17)12(8-14(19)18-16)11-6-4-3-5-7-11/h3-7,12H,2,8,10H2,1H3,(H,18,19)/t12-/m0/s1. The lowest BCUT2D eigenvalue weighted by Crippen LogP contribution is -2.31. The lowest BCUT2D eigenvalue weighted by molar-refractivity contribution is -0.139. The third kappa shape index (κ3) is 3.89. The fraction of sp³-hybridized carbons (Fsp3) is 0.312. The van der Waals surface area contributed by atoms with Gasteiger partial charge in [-0.1, -0.05) is 42.1 Å². The number of carbonyl (C=O) groups excluding carboxylic acids is 2. The van der Waals surface area contributed by atoms with E-state index in [0.717, 1.165) is 17.3 Å². The Hall–Kier alpha value is -2.26. The van der Waals surface area contributed by atoms with Crippen molar-refractivity contribution >= 4 is 23.6 Å². The minimum atomic E-state index is -0.367. The molecule has 0 unspecified atom stereocenters. The van der Waals surface area contributed by atoms with Crippen molar-refractivity contribution in [3.63, 3.8) is 0 Å². The first-order valence-electron chi connectivity index (χ1n) is 6.93. The van der Waals surface area contributed by atoms with Crippen LogP contribution in [-0.2, 0) is 14.3 Å². The van der Waals surface area contributed by atoms with E-state index in [2.05, 4.69) is 11.4 Å². The number of hydrogen-bond acceptors (Lipinski definition) is 5. The summed E-state index contributed by atoms with van der Waals surface area (Å²) >= 11 is 1.13. The minimum Gasteiger partial charge on any atom is -0.465 e. The first kappa shape index (κ1) is 16.1. The van der Waals surface area contributed by atoms with Crippen LogP contribution in [-0.4, -0.2) is 24.2 Å². The van der Waals surface area contributed by atoms with E-state index in [0.29, 0.717) is 17.2 Å². The number of allylic oxidation sites excluding steroid dienone is 1. The summed E-state index contributed by atoms with van der Waals surface area (Å²) in [5, 5.41) is 12.6. The van der Waals surface area contributed by atoms with Crippen molar-refractivity contribution in [1.82, 2.24) is 5.32 Å². The lowest BCUT2D eigenvalue weighted by Gasteiger charge is -2.24. The van der Waals surface area contributed by atoms with Gasteiger partial charge in [0.15, 0.2) is 0 Å². The molecule has 0 saturated carbocycles. The van der Waals surface area contributed by atoms with Crippen LogP contribution in [0.3, 0.4) is 0 Å². The molecule has 2 rings (SSSR count). The molecule has 6 heteroatoms. The average molecular weight is 316 g/mol. The van der Waals surface area contributed by atoms with Crippen LogP contribution < -0.4 is 5.32 Å². The largest absolute Gasteiger partial charge is 0.465 e. The summed E-state index contributed by atoms with van der Waals surface area (Å²) in [5.74, 6) is -0.729. The van der Waals surface area contributed by atoms with E-state index in [1.807, 2.05) is 30.3 Å². The fourth-order valence-electron chi connectivity index (χ4n) is 2.24. The first-order valence-corrected chi connectivity index (χ1v) is 7.91. The average Bonchev–Trinajstić information content (AvgIpc) is 2.53. The first-order chi connectivity index (χ1) is 10.7. The van der Waals surface area contributed by atoms with Crippen molar-refractivity contribution < 1.29 is 14.3 Å². The maximum Gasteiger partial charge on any atom is 0.316 e. The molecule has 0 saturated heterocycles. The molecule has 1 aliphatic heterocycles. The molecule has 5 nitrogen and oxygen atoms in total. The van der Waals surface area contributed by atoms with Gasteiger partial charge in [0.05, 0.1) is 29.0 Å². The van der Waals surface area contributed by atoms with Crippen LogP contribution in [0.15, 0.2) is 40.9 Å². The summed E-state index contributed by atoms with van der Waals surface area (Å²) in [5.41, 5.74) is 1.41. The summed E-state index contributed by atoms with van der Waals surface area (Å²) in [7, 11) is 0. The maximum absolute atomic E-state index is 11.9. The van der Waals surface area contributed by atoms with Crippen LogP contribution in [0.4, 0.5) is 0 Å². The van der Waals surface area contributed by atoms with Gasteiger partial charge in [-0.3, -0.25) is 9.59 Å². The lowest BCUT2D eigenvalue weighted by atomic mass is 9.87. The molecular formula is C16H16N2O3S. The molecule has 0 spiro atoms. The summed E-state index contributed by atoms with van der Waals surface area (Å²) in [6.45, 7) is 2.04. The Balaban J connectivity index is 2.24. The molecule has 1 aromatic rings. The molecule has 0 fully saturated rings. The van der Waals surface area contributed by atoms with Crippen LogP contribution in [0.1, 0.15) is 24.8 Å². The molecule has 1 heterocycles. The SMILES string of the molecule is CCOC(=O)CSC1=C(C#N)[C@H](c2ccccc2)CC(=O)N1. The van der Waals surface area contributed by atoms with Crippen LogP contribution in [0.5, 0.6) is 0 Å². The van der Waals surface area contributed by atoms with Crippen LogP contribution in [0.2, 0.25) is 0 Å². The van der Waals surface area contributed by atoms with Crippen molar-refractivity contribution in [3.05, 3.63) is 46.5 Å². The highest BCUT2D eigenvalue weighted by Crippen LogP contribution is 2.35. The Morgan fingerprint density at radius 3 is 2.82 bits per heavy atom.